The molecular weight excluding hydrogens is 482 g/mol. The van der Waals surface area contributed by atoms with Crippen LogP contribution in [0.25, 0.3) is 0 Å². The number of aliphatic hydroxyl groups excluding tert-OH is 1. The van der Waals surface area contributed by atoms with Gasteiger partial charge in [-0.25, -0.2) is 0 Å². The molecule has 1 N–H and O–H groups in total. The third-order valence-corrected chi connectivity index (χ3v) is 8.66. The number of β-lactam (4-membered cyclic amide) rings is 1. The average Bonchev–Trinajstić information content (AvgIpc) is 3.36. The van der Waals surface area contributed by atoms with Crippen molar-refractivity contribution in [2.75, 3.05) is 29.5 Å². The van der Waals surface area contributed by atoms with Gasteiger partial charge in [-0.3, -0.25) is 14.4 Å². The molecule has 8 heteroatoms. The minimum atomic E-state index is -1.21. The number of aliphatic hydroxyl groups is 1. The minimum absolute atomic E-state index is 0.0664. The fourth-order valence-electron chi connectivity index (χ4n) is 6.61. The van der Waals surface area contributed by atoms with Crippen molar-refractivity contribution >= 4 is 29.1 Å². The quantitative estimate of drug-likeness (QED) is 0.472. The van der Waals surface area contributed by atoms with E-state index in [0.717, 1.165) is 28.1 Å². The molecule has 6 rings (SSSR count). The second-order valence-electron chi connectivity index (χ2n) is 10.8. The first-order valence-corrected chi connectivity index (χ1v) is 13.4. The van der Waals surface area contributed by atoms with Gasteiger partial charge in [0.05, 0.1) is 30.9 Å². The third kappa shape index (κ3) is 3.69. The van der Waals surface area contributed by atoms with Crippen LogP contribution in [0.4, 0.5) is 11.4 Å². The number of ether oxygens (including phenoxy) is 1. The smallest absolute Gasteiger partial charge is 0.264 e. The maximum Gasteiger partial charge on any atom is 0.264 e. The predicted octanol–water partition coefficient (Wildman–Crippen LogP) is 2.91. The second kappa shape index (κ2) is 9.36. The maximum atomic E-state index is 13.9. The standard InChI is InChI=1S/C30H33N3O5/c1-3-11-32-26-9-8-22(31-12-10-27(31)35)15-25(26)30(29(32)37)19(2)13-24(38-30)16-28(36)33-17-21-7-5-4-6-20(21)14-23(33)18-34/h3-9,15,19,23-24,34H,1,10-14,16-18H2,2H3/t19-,23+,24-,30+/m1/s1. The van der Waals surface area contributed by atoms with E-state index in [2.05, 4.69) is 6.58 Å². The largest absolute Gasteiger partial charge is 0.394 e. The van der Waals surface area contributed by atoms with Crippen LogP contribution in [-0.2, 0) is 37.7 Å². The zero-order chi connectivity index (χ0) is 26.6. The first-order chi connectivity index (χ1) is 18.4. The number of nitrogens with zero attached hydrogens (tertiary/aromatic N) is 3. The molecule has 2 saturated heterocycles. The van der Waals surface area contributed by atoms with Gasteiger partial charge in [-0.05, 0) is 42.2 Å². The van der Waals surface area contributed by atoms with E-state index in [1.54, 1.807) is 20.8 Å². The summed E-state index contributed by atoms with van der Waals surface area (Å²) >= 11 is 0. The van der Waals surface area contributed by atoms with Crippen molar-refractivity contribution in [3.8, 4) is 0 Å². The molecule has 0 radical (unpaired) electrons. The van der Waals surface area contributed by atoms with Gasteiger partial charge in [0.2, 0.25) is 11.8 Å². The molecule has 4 atom stereocenters. The molecule has 38 heavy (non-hydrogen) atoms. The van der Waals surface area contributed by atoms with Gasteiger partial charge in [-0.2, -0.15) is 0 Å². The van der Waals surface area contributed by atoms with Gasteiger partial charge in [-0.1, -0.05) is 37.3 Å². The molecule has 0 bridgehead atoms. The molecule has 4 heterocycles. The molecule has 0 saturated carbocycles. The van der Waals surface area contributed by atoms with Gasteiger partial charge in [-0.15, -0.1) is 6.58 Å². The molecule has 4 aliphatic rings. The minimum Gasteiger partial charge on any atom is -0.394 e. The monoisotopic (exact) mass is 515 g/mol. The van der Waals surface area contributed by atoms with Gasteiger partial charge >= 0.3 is 0 Å². The Morgan fingerprint density at radius 1 is 1.21 bits per heavy atom. The molecule has 2 aromatic carbocycles. The Bertz CT molecular complexity index is 1320. The predicted molar refractivity (Wildman–Crippen MR) is 142 cm³/mol. The molecule has 8 nitrogen and oxygen atoms in total. The van der Waals surface area contributed by atoms with Crippen LogP contribution in [0.2, 0.25) is 0 Å². The number of hydrogen-bond acceptors (Lipinski definition) is 5. The highest BCUT2D eigenvalue weighted by Gasteiger charge is 2.60. The van der Waals surface area contributed by atoms with E-state index in [1.807, 2.05) is 49.4 Å². The molecule has 0 aliphatic carbocycles. The fraction of sp³-hybridized carbons (Fsp3) is 0.433. The van der Waals surface area contributed by atoms with E-state index in [9.17, 15) is 19.5 Å². The van der Waals surface area contributed by atoms with Crippen molar-refractivity contribution in [3.05, 3.63) is 71.8 Å². The van der Waals surface area contributed by atoms with Crippen LogP contribution >= 0.6 is 0 Å². The van der Waals surface area contributed by atoms with Crippen molar-refractivity contribution in [1.29, 1.82) is 0 Å². The van der Waals surface area contributed by atoms with Crippen molar-refractivity contribution in [2.24, 2.45) is 5.92 Å². The van der Waals surface area contributed by atoms with Crippen LogP contribution in [0.5, 0.6) is 0 Å². The lowest BCUT2D eigenvalue weighted by Gasteiger charge is -2.36. The summed E-state index contributed by atoms with van der Waals surface area (Å²) in [5.41, 5.74) is 3.32. The van der Waals surface area contributed by atoms with Crippen LogP contribution < -0.4 is 9.80 Å². The summed E-state index contributed by atoms with van der Waals surface area (Å²) in [6.45, 7) is 7.18. The number of rotatable bonds is 6. The average molecular weight is 516 g/mol. The number of carbonyl (C=O) groups excluding carboxylic acids is 3. The molecule has 0 aromatic heterocycles. The summed E-state index contributed by atoms with van der Waals surface area (Å²) in [6, 6.07) is 13.4. The summed E-state index contributed by atoms with van der Waals surface area (Å²) < 4.78 is 6.61. The van der Waals surface area contributed by atoms with E-state index in [4.69, 9.17) is 4.74 Å². The molecule has 0 unspecified atom stereocenters. The zero-order valence-corrected chi connectivity index (χ0v) is 21.6. The van der Waals surface area contributed by atoms with Crippen molar-refractivity contribution in [2.45, 2.75) is 56.9 Å². The van der Waals surface area contributed by atoms with Gasteiger partial charge in [0.15, 0.2) is 5.60 Å². The lowest BCUT2D eigenvalue weighted by Crippen LogP contribution is -2.47. The van der Waals surface area contributed by atoms with Gasteiger partial charge in [0.25, 0.3) is 5.91 Å². The van der Waals surface area contributed by atoms with Crippen LogP contribution in [0.3, 0.4) is 0 Å². The lowest BCUT2D eigenvalue weighted by atomic mass is 9.82. The van der Waals surface area contributed by atoms with E-state index in [-0.39, 0.29) is 42.7 Å². The molecule has 3 amide bonds. The number of fused-ring (bicyclic) bond motifs is 3. The Labute approximate surface area is 222 Å². The SMILES string of the molecule is C=CCN1C(=O)[C@@]2(O[C@@H](CC(=O)N3Cc4ccccc4C[C@H]3CO)C[C@H]2C)c2cc(N3CCC3=O)ccc21. The number of amides is 3. The number of hydrogen-bond donors (Lipinski definition) is 1. The molecular formula is C30H33N3O5. The number of benzene rings is 2. The molecule has 198 valence electrons. The van der Waals surface area contributed by atoms with E-state index < -0.39 is 11.7 Å². The number of carbonyl (C=O) groups is 3. The van der Waals surface area contributed by atoms with E-state index in [0.29, 0.717) is 38.9 Å². The summed E-state index contributed by atoms with van der Waals surface area (Å²) in [5.74, 6) is -0.334. The van der Waals surface area contributed by atoms with Gasteiger partial charge < -0.3 is 24.5 Å². The number of anilines is 2. The highest BCUT2D eigenvalue weighted by atomic mass is 16.5. The van der Waals surface area contributed by atoms with Crippen LogP contribution in [0.15, 0.2) is 55.1 Å². The molecule has 1 spiro atoms. The Balaban J connectivity index is 1.27. The summed E-state index contributed by atoms with van der Waals surface area (Å²) in [6.07, 6.45) is 3.08. The molecule has 2 aromatic rings. The topological polar surface area (TPSA) is 90.4 Å². The van der Waals surface area contributed by atoms with Crippen LogP contribution in [0.1, 0.15) is 42.9 Å². The van der Waals surface area contributed by atoms with Crippen LogP contribution in [-0.4, -0.2) is 59.6 Å². The third-order valence-electron chi connectivity index (χ3n) is 8.66. The van der Waals surface area contributed by atoms with Crippen molar-refractivity contribution in [1.82, 2.24) is 4.90 Å². The first-order valence-electron chi connectivity index (χ1n) is 13.4. The van der Waals surface area contributed by atoms with Crippen molar-refractivity contribution < 1.29 is 24.2 Å². The Morgan fingerprint density at radius 2 is 2.00 bits per heavy atom. The van der Waals surface area contributed by atoms with Gasteiger partial charge in [0, 0.05) is 43.2 Å². The second-order valence-corrected chi connectivity index (χ2v) is 10.8. The van der Waals surface area contributed by atoms with E-state index in [1.165, 1.54) is 0 Å². The highest BCUT2D eigenvalue weighted by molar-refractivity contribution is 6.09. The maximum absolute atomic E-state index is 13.9. The lowest BCUT2D eigenvalue weighted by molar-refractivity contribution is -0.150. The van der Waals surface area contributed by atoms with Crippen molar-refractivity contribution in [3.63, 3.8) is 0 Å². The Kier molecular flexibility index (Phi) is 6.12. The normalized spacial score (nSPS) is 27.9. The van der Waals surface area contributed by atoms with E-state index >= 15 is 0 Å². The zero-order valence-electron chi connectivity index (χ0n) is 21.6. The highest BCUT2D eigenvalue weighted by Crippen LogP contribution is 2.54. The summed E-state index contributed by atoms with van der Waals surface area (Å²) in [7, 11) is 0. The van der Waals surface area contributed by atoms with Gasteiger partial charge in [0.1, 0.15) is 0 Å². The summed E-state index contributed by atoms with van der Waals surface area (Å²) in [4.78, 5) is 44.8. The van der Waals surface area contributed by atoms with Crippen LogP contribution in [0, 0.1) is 5.92 Å². The Hall–Kier alpha value is -3.49. The fourth-order valence-corrected chi connectivity index (χ4v) is 6.61. The first kappa shape index (κ1) is 24.8. The molecule has 4 aliphatic heterocycles. The summed E-state index contributed by atoms with van der Waals surface area (Å²) in [5, 5.41) is 10.0. The Morgan fingerprint density at radius 3 is 2.68 bits per heavy atom. The molecule has 2 fully saturated rings.